The van der Waals surface area contributed by atoms with E-state index in [4.69, 9.17) is 5.11 Å². The molecule has 0 saturated heterocycles. The van der Waals surface area contributed by atoms with Crippen molar-refractivity contribution in [3.05, 3.63) is 87.7 Å². The molecule has 1 heterocycles. The number of hydrogen-bond acceptors (Lipinski definition) is 3. The van der Waals surface area contributed by atoms with Crippen molar-refractivity contribution in [3.63, 3.8) is 0 Å². The molecule has 116 valence electrons. The van der Waals surface area contributed by atoms with Crippen LogP contribution in [0.5, 0.6) is 0 Å². The average Bonchev–Trinajstić information content (AvgIpc) is 2.92. The van der Waals surface area contributed by atoms with E-state index in [2.05, 4.69) is 4.57 Å². The number of rotatable bonds is 5. The fourth-order valence-electron chi connectivity index (χ4n) is 2.63. The van der Waals surface area contributed by atoms with E-state index in [0.717, 1.165) is 33.8 Å². The Kier molecular flexibility index (Phi) is 4.21. The Balaban J connectivity index is 1.98. The minimum absolute atomic E-state index is 0.0303. The van der Waals surface area contributed by atoms with Crippen molar-refractivity contribution in [2.45, 2.75) is 13.2 Å². The number of aliphatic hydroxyl groups is 1. The highest BCUT2D eigenvalue weighted by molar-refractivity contribution is 5.89. The van der Waals surface area contributed by atoms with Crippen molar-refractivity contribution < 1.29 is 10.0 Å². The zero-order valence-corrected chi connectivity index (χ0v) is 12.4. The van der Waals surface area contributed by atoms with Gasteiger partial charge >= 0.3 is 0 Å². The fraction of sp³-hybridized carbons (Fsp3) is 0.111. The number of nitrogens with zero attached hydrogens (tertiary/aromatic N) is 2. The summed E-state index contributed by atoms with van der Waals surface area (Å²) in [6.45, 7) is 0.696. The number of nitro groups is 1. The maximum Gasteiger partial charge on any atom is 0.235 e. The summed E-state index contributed by atoms with van der Waals surface area (Å²) in [5.74, 6) is 0. The molecule has 3 aromatic rings. The van der Waals surface area contributed by atoms with Crippen LogP contribution in [-0.4, -0.2) is 14.6 Å². The fourth-order valence-corrected chi connectivity index (χ4v) is 2.63. The highest BCUT2D eigenvalue weighted by atomic mass is 16.6. The molecule has 3 rings (SSSR count). The summed E-state index contributed by atoms with van der Waals surface area (Å²) in [5, 5.41) is 20.6. The first-order valence-electron chi connectivity index (χ1n) is 7.25. The van der Waals surface area contributed by atoms with Crippen LogP contribution < -0.4 is 0 Å². The van der Waals surface area contributed by atoms with Gasteiger partial charge in [-0.05, 0) is 17.2 Å². The Bertz CT molecular complexity index is 864. The van der Waals surface area contributed by atoms with Crippen molar-refractivity contribution >= 4 is 17.0 Å². The van der Waals surface area contributed by atoms with Gasteiger partial charge in [0.15, 0.2) is 0 Å². The zero-order valence-electron chi connectivity index (χ0n) is 12.4. The first kappa shape index (κ1) is 15.0. The van der Waals surface area contributed by atoms with Crippen LogP contribution >= 0.6 is 0 Å². The second kappa shape index (κ2) is 6.46. The topological polar surface area (TPSA) is 68.3 Å². The van der Waals surface area contributed by atoms with Crippen molar-refractivity contribution in [2.24, 2.45) is 0 Å². The predicted molar refractivity (Wildman–Crippen MR) is 89.4 cm³/mol. The SMILES string of the molecule is O=[N+]([O-])/C=C\c1cn(Cc2ccc(CO)cc2)c2ccccc12. The zero-order chi connectivity index (χ0) is 16.2. The molecule has 0 atom stereocenters. The van der Waals surface area contributed by atoms with Crippen molar-refractivity contribution in [3.8, 4) is 0 Å². The van der Waals surface area contributed by atoms with Gasteiger partial charge in [0.2, 0.25) is 6.20 Å². The molecular weight excluding hydrogens is 292 g/mol. The largest absolute Gasteiger partial charge is 0.392 e. The van der Waals surface area contributed by atoms with Gasteiger partial charge in [0.1, 0.15) is 0 Å². The molecule has 5 nitrogen and oxygen atoms in total. The smallest absolute Gasteiger partial charge is 0.235 e. The third-order valence-corrected chi connectivity index (χ3v) is 3.75. The first-order valence-corrected chi connectivity index (χ1v) is 7.25. The average molecular weight is 308 g/mol. The molecule has 0 aliphatic rings. The molecule has 5 heteroatoms. The summed E-state index contributed by atoms with van der Waals surface area (Å²) in [6.07, 6.45) is 4.40. The summed E-state index contributed by atoms with van der Waals surface area (Å²) < 4.78 is 2.07. The van der Waals surface area contributed by atoms with Crippen LogP contribution in [0.2, 0.25) is 0 Å². The van der Waals surface area contributed by atoms with Gasteiger partial charge in [0, 0.05) is 35.3 Å². The predicted octanol–water partition coefficient (Wildman–Crippen LogP) is 3.43. The lowest BCUT2D eigenvalue weighted by molar-refractivity contribution is -0.400. The van der Waals surface area contributed by atoms with Crippen LogP contribution in [0.4, 0.5) is 0 Å². The third kappa shape index (κ3) is 3.30. The lowest BCUT2D eigenvalue weighted by Gasteiger charge is -2.06. The molecule has 1 N–H and O–H groups in total. The Morgan fingerprint density at radius 2 is 1.78 bits per heavy atom. The minimum Gasteiger partial charge on any atom is -0.392 e. The number of aliphatic hydroxyl groups excluding tert-OH is 1. The van der Waals surface area contributed by atoms with Gasteiger partial charge in [-0.2, -0.15) is 0 Å². The van der Waals surface area contributed by atoms with Gasteiger partial charge in [-0.3, -0.25) is 10.1 Å². The van der Waals surface area contributed by atoms with Crippen LogP contribution in [-0.2, 0) is 13.2 Å². The number of aromatic nitrogens is 1. The summed E-state index contributed by atoms with van der Waals surface area (Å²) in [7, 11) is 0. The van der Waals surface area contributed by atoms with E-state index >= 15 is 0 Å². The van der Waals surface area contributed by atoms with Crippen LogP contribution in [0.25, 0.3) is 17.0 Å². The summed E-state index contributed by atoms with van der Waals surface area (Å²) in [5.41, 5.74) is 3.83. The van der Waals surface area contributed by atoms with Crippen LogP contribution in [0.1, 0.15) is 16.7 Å². The standard InChI is InChI=1S/C18H16N2O3/c21-13-15-7-5-14(6-8-15)11-19-12-16(9-10-20(22)23)17-3-1-2-4-18(17)19/h1-10,12,21H,11,13H2/b10-9-. The van der Waals surface area contributed by atoms with Gasteiger partial charge in [0.25, 0.3) is 0 Å². The molecule has 0 spiro atoms. The number of fused-ring (bicyclic) bond motifs is 1. The number of para-hydroxylation sites is 1. The van der Waals surface area contributed by atoms with Gasteiger partial charge in [-0.1, -0.05) is 42.5 Å². The summed E-state index contributed by atoms with van der Waals surface area (Å²) in [4.78, 5) is 10.1. The van der Waals surface area contributed by atoms with Crippen molar-refractivity contribution in [1.82, 2.24) is 4.57 Å². The summed E-state index contributed by atoms with van der Waals surface area (Å²) >= 11 is 0. The molecule has 1 aromatic heterocycles. The van der Waals surface area contributed by atoms with Gasteiger partial charge < -0.3 is 9.67 Å². The Hall–Kier alpha value is -2.92. The van der Waals surface area contributed by atoms with E-state index in [1.165, 1.54) is 6.08 Å². The maximum absolute atomic E-state index is 10.6. The van der Waals surface area contributed by atoms with E-state index in [1.54, 1.807) is 0 Å². The molecule has 0 aliphatic carbocycles. The molecule has 0 fully saturated rings. The molecular formula is C18H16N2O3. The van der Waals surface area contributed by atoms with Crippen LogP contribution in [0, 0.1) is 10.1 Å². The summed E-state index contributed by atoms with van der Waals surface area (Å²) in [6, 6.07) is 15.6. The second-order valence-corrected chi connectivity index (χ2v) is 5.31. The molecule has 23 heavy (non-hydrogen) atoms. The monoisotopic (exact) mass is 308 g/mol. The highest BCUT2D eigenvalue weighted by Gasteiger charge is 2.07. The van der Waals surface area contributed by atoms with E-state index < -0.39 is 4.92 Å². The highest BCUT2D eigenvalue weighted by Crippen LogP contribution is 2.23. The van der Waals surface area contributed by atoms with E-state index in [1.807, 2.05) is 54.7 Å². The molecule has 0 bridgehead atoms. The van der Waals surface area contributed by atoms with Crippen molar-refractivity contribution in [1.29, 1.82) is 0 Å². The Labute approximate surface area is 133 Å². The van der Waals surface area contributed by atoms with E-state index in [-0.39, 0.29) is 6.61 Å². The van der Waals surface area contributed by atoms with Crippen molar-refractivity contribution in [2.75, 3.05) is 0 Å². The third-order valence-electron chi connectivity index (χ3n) is 3.75. The second-order valence-electron chi connectivity index (χ2n) is 5.31. The lowest BCUT2D eigenvalue weighted by Crippen LogP contribution is -1.98. The number of hydrogen-bond donors (Lipinski definition) is 1. The van der Waals surface area contributed by atoms with Gasteiger partial charge in [0.05, 0.1) is 11.5 Å². The molecule has 0 radical (unpaired) electrons. The lowest BCUT2D eigenvalue weighted by atomic mass is 10.1. The van der Waals surface area contributed by atoms with Crippen LogP contribution in [0.3, 0.4) is 0 Å². The first-order chi connectivity index (χ1) is 11.2. The Morgan fingerprint density at radius 1 is 1.09 bits per heavy atom. The maximum atomic E-state index is 10.6. The molecule has 0 unspecified atom stereocenters. The molecule has 0 aliphatic heterocycles. The molecule has 0 saturated carbocycles. The van der Waals surface area contributed by atoms with Crippen LogP contribution in [0.15, 0.2) is 60.9 Å². The minimum atomic E-state index is -0.459. The quantitative estimate of drug-likeness (QED) is 0.580. The molecule has 0 amide bonds. The number of benzene rings is 2. The molecule has 2 aromatic carbocycles. The van der Waals surface area contributed by atoms with E-state index in [9.17, 15) is 10.1 Å². The Morgan fingerprint density at radius 3 is 2.48 bits per heavy atom. The van der Waals surface area contributed by atoms with Gasteiger partial charge in [-0.15, -0.1) is 0 Å². The van der Waals surface area contributed by atoms with Gasteiger partial charge in [-0.25, -0.2) is 0 Å². The normalized spacial score (nSPS) is 11.3. The van der Waals surface area contributed by atoms with E-state index in [0.29, 0.717) is 6.54 Å².